The number of hydrogen-bond acceptors (Lipinski definition) is 4. The molecular formula is C8H13NO4P2S+2. The van der Waals surface area contributed by atoms with Gasteiger partial charge in [0.05, 0.1) is 5.75 Å². The molecule has 88 valence electrons. The Kier molecular flexibility index (Phi) is 4.51. The number of hydrogen-bond donors (Lipinski definition) is 0. The molecule has 3 unspecified atom stereocenters. The molecule has 0 aliphatic carbocycles. The smallest absolute Gasteiger partial charge is 0.227 e. The minimum absolute atomic E-state index is 0.0504. The van der Waals surface area contributed by atoms with Crippen LogP contribution in [0.5, 0.6) is 0 Å². The minimum Gasteiger partial charge on any atom is -0.227 e. The van der Waals surface area contributed by atoms with Crippen molar-refractivity contribution in [2.24, 2.45) is 0 Å². The molecular weight excluding hydrogens is 268 g/mol. The van der Waals surface area contributed by atoms with Crippen LogP contribution in [0.25, 0.3) is 0 Å². The van der Waals surface area contributed by atoms with Crippen LogP contribution in [0.2, 0.25) is 0 Å². The highest BCUT2D eigenvalue weighted by molar-refractivity contribution is 7.92. The summed E-state index contributed by atoms with van der Waals surface area (Å²) in [5.41, 5.74) is 0. The Balaban J connectivity index is 3.11. The van der Waals surface area contributed by atoms with Crippen molar-refractivity contribution < 1.29 is 17.5 Å². The third-order valence-electron chi connectivity index (χ3n) is 2.27. The summed E-state index contributed by atoms with van der Waals surface area (Å²) in [5.74, 6) is 2.27. The maximum Gasteiger partial charge on any atom is 0.511 e. The Labute approximate surface area is 96.8 Å². The van der Waals surface area contributed by atoms with Crippen molar-refractivity contribution in [3.8, 4) is 0 Å². The topological polar surface area (TPSA) is 71.5 Å². The van der Waals surface area contributed by atoms with Gasteiger partial charge in [0, 0.05) is 0 Å². The third kappa shape index (κ3) is 2.64. The van der Waals surface area contributed by atoms with E-state index in [-0.39, 0.29) is 5.75 Å². The van der Waals surface area contributed by atoms with Gasteiger partial charge in [-0.3, -0.25) is 0 Å². The van der Waals surface area contributed by atoms with Crippen LogP contribution in [0.3, 0.4) is 0 Å². The second kappa shape index (κ2) is 5.28. The molecule has 0 N–H and O–H groups in total. The van der Waals surface area contributed by atoms with E-state index in [9.17, 15) is 17.5 Å². The zero-order chi connectivity index (χ0) is 12.3. The normalized spacial score (nSPS) is 25.2. The van der Waals surface area contributed by atoms with E-state index in [4.69, 9.17) is 0 Å². The standard InChI is InChI=1S/C8H13NO4P2S/c1-3-14(10)9(15(11)4-2)8-6-5-7-16(8,12)13/h3-4,8H,1-2,5-7H2/q+2. The van der Waals surface area contributed by atoms with Gasteiger partial charge < -0.3 is 0 Å². The maximum absolute atomic E-state index is 11.7. The highest BCUT2D eigenvalue weighted by Gasteiger charge is 2.55. The molecule has 1 rings (SSSR count). The largest absolute Gasteiger partial charge is 0.511 e. The fourth-order valence-electron chi connectivity index (χ4n) is 1.54. The average Bonchev–Trinajstić information content (AvgIpc) is 2.58. The summed E-state index contributed by atoms with van der Waals surface area (Å²) >= 11 is 0. The van der Waals surface area contributed by atoms with Crippen molar-refractivity contribution >= 4 is 25.7 Å². The molecule has 0 saturated carbocycles. The van der Waals surface area contributed by atoms with Crippen LogP contribution in [0.4, 0.5) is 0 Å². The predicted molar refractivity (Wildman–Crippen MR) is 64.3 cm³/mol. The highest BCUT2D eigenvalue weighted by Crippen LogP contribution is 2.49. The fraction of sp³-hybridized carbons (Fsp3) is 0.500. The minimum atomic E-state index is -3.33. The van der Waals surface area contributed by atoms with E-state index in [1.165, 1.54) is 0 Å². The lowest BCUT2D eigenvalue weighted by atomic mass is 10.3. The molecule has 0 radical (unpaired) electrons. The van der Waals surface area contributed by atoms with Gasteiger partial charge in [-0.2, -0.15) is 0 Å². The zero-order valence-electron chi connectivity index (χ0n) is 8.65. The lowest BCUT2D eigenvalue weighted by Gasteiger charge is -2.05. The quantitative estimate of drug-likeness (QED) is 0.724. The van der Waals surface area contributed by atoms with Crippen molar-refractivity contribution in [1.82, 2.24) is 4.44 Å². The van der Waals surface area contributed by atoms with Crippen LogP contribution in [0.15, 0.2) is 24.8 Å². The van der Waals surface area contributed by atoms with Gasteiger partial charge in [0.2, 0.25) is 5.37 Å². The van der Waals surface area contributed by atoms with E-state index in [0.717, 1.165) is 16.1 Å². The summed E-state index contributed by atoms with van der Waals surface area (Å²) in [6.07, 6.45) is 0.857. The van der Waals surface area contributed by atoms with E-state index in [1.54, 1.807) is 0 Å². The first kappa shape index (κ1) is 13.7. The molecule has 1 aliphatic rings. The Morgan fingerprint density at radius 2 is 1.69 bits per heavy atom. The average molecular weight is 281 g/mol. The molecule has 1 saturated heterocycles. The Morgan fingerprint density at radius 3 is 2.00 bits per heavy atom. The Hall–Kier alpha value is -0.410. The van der Waals surface area contributed by atoms with E-state index in [2.05, 4.69) is 13.2 Å². The van der Waals surface area contributed by atoms with Gasteiger partial charge in [-0.15, -0.1) is 0 Å². The van der Waals surface area contributed by atoms with E-state index in [0.29, 0.717) is 12.8 Å². The van der Waals surface area contributed by atoms with Gasteiger partial charge in [-0.1, -0.05) is 13.2 Å². The van der Waals surface area contributed by atoms with E-state index in [1.807, 2.05) is 0 Å². The molecule has 3 atom stereocenters. The van der Waals surface area contributed by atoms with Gasteiger partial charge >= 0.3 is 15.9 Å². The molecule has 1 heterocycles. The summed E-state index contributed by atoms with van der Waals surface area (Å²) in [4.78, 5) is 0. The van der Waals surface area contributed by atoms with Gasteiger partial charge in [-0.05, 0) is 22.0 Å². The molecule has 1 fully saturated rings. The second-order valence-electron chi connectivity index (χ2n) is 3.25. The van der Waals surface area contributed by atoms with Crippen molar-refractivity contribution in [2.45, 2.75) is 18.2 Å². The molecule has 8 heteroatoms. The lowest BCUT2D eigenvalue weighted by Crippen LogP contribution is -2.28. The molecule has 0 spiro atoms. The lowest BCUT2D eigenvalue weighted by molar-refractivity contribution is 0.492. The first-order valence-electron chi connectivity index (χ1n) is 4.62. The van der Waals surface area contributed by atoms with Crippen molar-refractivity contribution in [3.05, 3.63) is 24.8 Å². The van der Waals surface area contributed by atoms with Gasteiger partial charge in [0.1, 0.15) is 4.44 Å². The predicted octanol–water partition coefficient (Wildman–Crippen LogP) is 2.59. The van der Waals surface area contributed by atoms with Crippen LogP contribution in [0.1, 0.15) is 12.8 Å². The maximum atomic E-state index is 11.7. The van der Waals surface area contributed by atoms with E-state index >= 15 is 0 Å². The summed E-state index contributed by atoms with van der Waals surface area (Å²) in [7, 11) is -7.62. The zero-order valence-corrected chi connectivity index (χ0v) is 11.3. The van der Waals surface area contributed by atoms with Gasteiger partial charge in [0.15, 0.2) is 21.5 Å². The number of nitrogens with zero attached hydrogens (tertiary/aromatic N) is 1. The van der Waals surface area contributed by atoms with Crippen molar-refractivity contribution in [2.75, 3.05) is 5.75 Å². The van der Waals surface area contributed by atoms with Gasteiger partial charge in [-0.25, -0.2) is 8.42 Å². The van der Waals surface area contributed by atoms with Crippen molar-refractivity contribution in [3.63, 3.8) is 0 Å². The van der Waals surface area contributed by atoms with Crippen LogP contribution >= 0.6 is 15.9 Å². The van der Waals surface area contributed by atoms with Crippen LogP contribution in [-0.2, 0) is 19.0 Å². The Morgan fingerprint density at radius 1 is 1.19 bits per heavy atom. The fourth-order valence-corrected chi connectivity index (χ4v) is 6.82. The number of sulfone groups is 1. The molecule has 0 aromatic heterocycles. The summed E-state index contributed by atoms with van der Waals surface area (Å²) in [6, 6.07) is 0. The Bertz CT molecular complexity index is 425. The molecule has 16 heavy (non-hydrogen) atoms. The highest BCUT2D eigenvalue weighted by atomic mass is 32.2. The first-order chi connectivity index (χ1) is 7.44. The molecule has 5 nitrogen and oxygen atoms in total. The molecule has 0 bridgehead atoms. The number of rotatable bonds is 5. The molecule has 1 aliphatic heterocycles. The van der Waals surface area contributed by atoms with Crippen molar-refractivity contribution in [1.29, 1.82) is 0 Å². The van der Waals surface area contributed by atoms with Crippen LogP contribution in [0, 0.1) is 0 Å². The van der Waals surface area contributed by atoms with Gasteiger partial charge in [0.25, 0.3) is 0 Å². The van der Waals surface area contributed by atoms with Crippen LogP contribution < -0.4 is 0 Å². The molecule has 0 aromatic rings. The molecule has 0 amide bonds. The monoisotopic (exact) mass is 281 g/mol. The SMILES string of the molecule is C=C[P+](=O)N(C1CCCS1(=O)=O)[P+](=O)C=C. The second-order valence-corrected chi connectivity index (χ2v) is 8.65. The summed E-state index contributed by atoms with van der Waals surface area (Å²) in [5, 5.41) is -0.935. The summed E-state index contributed by atoms with van der Waals surface area (Å²) in [6.45, 7) is 6.67. The third-order valence-corrected chi connectivity index (χ3v) is 7.76. The van der Waals surface area contributed by atoms with Crippen LogP contribution in [-0.4, -0.2) is 24.0 Å². The van der Waals surface area contributed by atoms with E-state index < -0.39 is 31.1 Å². The first-order valence-corrected chi connectivity index (χ1v) is 8.90. The summed E-state index contributed by atoms with van der Waals surface area (Å²) < 4.78 is 47.7. The molecule has 0 aromatic carbocycles.